The van der Waals surface area contributed by atoms with E-state index in [0.29, 0.717) is 38.1 Å². The zero-order chi connectivity index (χ0) is 13.4. The molecule has 0 heterocycles. The second kappa shape index (κ2) is 7.66. The zero-order valence-corrected chi connectivity index (χ0v) is 10.5. The molecule has 0 atom stereocenters. The lowest BCUT2D eigenvalue weighted by molar-refractivity contribution is -0.121. The van der Waals surface area contributed by atoms with Crippen LogP contribution in [-0.4, -0.2) is 19.1 Å². The fourth-order valence-electron chi connectivity index (χ4n) is 1.48. The number of benzene rings is 1. The minimum absolute atomic E-state index is 0.0743. The van der Waals surface area contributed by atoms with E-state index in [4.69, 9.17) is 10.5 Å². The molecule has 1 aromatic carbocycles. The van der Waals surface area contributed by atoms with Crippen LogP contribution in [0.2, 0.25) is 0 Å². The number of nitrogens with two attached hydrogens (primary N) is 1. The lowest BCUT2D eigenvalue weighted by Gasteiger charge is -2.08. The number of hydrogen-bond acceptors (Lipinski definition) is 3. The molecule has 0 aliphatic rings. The third-order valence-corrected chi connectivity index (χ3v) is 2.39. The van der Waals surface area contributed by atoms with Gasteiger partial charge in [0, 0.05) is 13.0 Å². The molecule has 0 radical (unpaired) electrons. The van der Waals surface area contributed by atoms with Crippen molar-refractivity contribution in [3.8, 4) is 5.75 Å². The monoisotopic (exact) mass is 254 g/mol. The first-order valence-electron chi connectivity index (χ1n) is 6.05. The van der Waals surface area contributed by atoms with Gasteiger partial charge in [-0.2, -0.15) is 0 Å². The van der Waals surface area contributed by atoms with Gasteiger partial charge >= 0.3 is 0 Å². The number of halogens is 1. The molecule has 1 aromatic rings. The largest absolute Gasteiger partial charge is 0.491 e. The van der Waals surface area contributed by atoms with E-state index in [-0.39, 0.29) is 11.7 Å². The van der Waals surface area contributed by atoms with Crippen molar-refractivity contribution in [1.82, 2.24) is 5.32 Å². The molecule has 3 N–H and O–H groups in total. The highest BCUT2D eigenvalue weighted by Gasteiger charge is 2.05. The van der Waals surface area contributed by atoms with E-state index in [2.05, 4.69) is 5.32 Å². The standard InChI is InChI=1S/C13H19FN2O2/c1-2-18-12-6-5-10(8-11(12)14)9-16-13(17)4-3-7-15/h5-6,8H,2-4,7,9,15H2,1H3,(H,16,17). The lowest BCUT2D eigenvalue weighted by atomic mass is 10.2. The Morgan fingerprint density at radius 2 is 2.28 bits per heavy atom. The first kappa shape index (κ1) is 14.4. The van der Waals surface area contributed by atoms with Crippen LogP contribution in [0.5, 0.6) is 5.75 Å². The SMILES string of the molecule is CCOc1ccc(CNC(=O)CCCN)cc1F. The van der Waals surface area contributed by atoms with Crippen molar-refractivity contribution in [3.05, 3.63) is 29.6 Å². The Balaban J connectivity index is 2.48. The van der Waals surface area contributed by atoms with Crippen LogP contribution in [0, 0.1) is 5.82 Å². The van der Waals surface area contributed by atoms with Gasteiger partial charge in [0.15, 0.2) is 11.6 Å². The quantitative estimate of drug-likeness (QED) is 0.776. The molecule has 0 bridgehead atoms. The molecular weight excluding hydrogens is 235 g/mol. The van der Waals surface area contributed by atoms with Crippen molar-refractivity contribution in [2.75, 3.05) is 13.2 Å². The molecule has 0 fully saturated rings. The minimum Gasteiger partial charge on any atom is -0.491 e. The van der Waals surface area contributed by atoms with E-state index in [1.807, 2.05) is 0 Å². The maximum absolute atomic E-state index is 13.5. The summed E-state index contributed by atoms with van der Waals surface area (Å²) in [5.41, 5.74) is 6.01. The summed E-state index contributed by atoms with van der Waals surface area (Å²) in [6.07, 6.45) is 1.06. The van der Waals surface area contributed by atoms with Gasteiger partial charge in [0.05, 0.1) is 6.61 Å². The summed E-state index contributed by atoms with van der Waals surface area (Å²) < 4.78 is 18.6. The second-order valence-corrected chi connectivity index (χ2v) is 3.87. The Bertz CT molecular complexity index is 397. The average molecular weight is 254 g/mol. The molecule has 0 aliphatic heterocycles. The molecule has 18 heavy (non-hydrogen) atoms. The topological polar surface area (TPSA) is 64.3 Å². The summed E-state index contributed by atoms with van der Waals surface area (Å²) in [5, 5.41) is 2.71. The van der Waals surface area contributed by atoms with Gasteiger partial charge < -0.3 is 15.8 Å². The van der Waals surface area contributed by atoms with Gasteiger partial charge in [0.25, 0.3) is 0 Å². The Kier molecular flexibility index (Phi) is 6.14. The predicted molar refractivity (Wildman–Crippen MR) is 67.7 cm³/mol. The van der Waals surface area contributed by atoms with Gasteiger partial charge in [-0.15, -0.1) is 0 Å². The Morgan fingerprint density at radius 1 is 1.50 bits per heavy atom. The van der Waals surface area contributed by atoms with Crippen molar-refractivity contribution >= 4 is 5.91 Å². The summed E-state index contributed by atoms with van der Waals surface area (Å²) in [5.74, 6) is -0.254. The molecule has 5 heteroatoms. The van der Waals surface area contributed by atoms with Crippen LogP contribution in [0.15, 0.2) is 18.2 Å². The van der Waals surface area contributed by atoms with Crippen molar-refractivity contribution in [1.29, 1.82) is 0 Å². The zero-order valence-electron chi connectivity index (χ0n) is 10.5. The Hall–Kier alpha value is -1.62. The maximum atomic E-state index is 13.5. The summed E-state index contributed by atoms with van der Waals surface area (Å²) >= 11 is 0. The van der Waals surface area contributed by atoms with Crippen molar-refractivity contribution in [2.45, 2.75) is 26.3 Å². The van der Waals surface area contributed by atoms with Gasteiger partial charge in [-0.3, -0.25) is 4.79 Å². The molecule has 0 saturated heterocycles. The molecule has 4 nitrogen and oxygen atoms in total. The highest BCUT2D eigenvalue weighted by atomic mass is 19.1. The molecule has 1 amide bonds. The number of ether oxygens (including phenoxy) is 1. The minimum atomic E-state index is -0.412. The summed E-state index contributed by atoms with van der Waals surface area (Å²) in [4.78, 5) is 11.3. The molecule has 0 aliphatic carbocycles. The molecule has 100 valence electrons. The van der Waals surface area contributed by atoms with E-state index >= 15 is 0 Å². The number of rotatable bonds is 7. The van der Waals surface area contributed by atoms with Gasteiger partial charge in [0.1, 0.15) is 0 Å². The molecule has 1 rings (SSSR count). The van der Waals surface area contributed by atoms with E-state index < -0.39 is 5.82 Å². The van der Waals surface area contributed by atoms with Crippen LogP contribution < -0.4 is 15.8 Å². The van der Waals surface area contributed by atoms with Crippen molar-refractivity contribution < 1.29 is 13.9 Å². The van der Waals surface area contributed by atoms with Crippen molar-refractivity contribution in [3.63, 3.8) is 0 Å². The molecule has 0 unspecified atom stereocenters. The lowest BCUT2D eigenvalue weighted by Crippen LogP contribution is -2.23. The predicted octanol–water partition coefficient (Wildman–Crippen LogP) is 1.58. The first-order chi connectivity index (χ1) is 8.67. The highest BCUT2D eigenvalue weighted by molar-refractivity contribution is 5.75. The van der Waals surface area contributed by atoms with Crippen LogP contribution in [-0.2, 0) is 11.3 Å². The summed E-state index contributed by atoms with van der Waals surface area (Å²) in [6.45, 7) is 3.02. The van der Waals surface area contributed by atoms with Gasteiger partial charge in [-0.25, -0.2) is 4.39 Å². The van der Waals surface area contributed by atoms with Crippen LogP contribution in [0.4, 0.5) is 4.39 Å². The van der Waals surface area contributed by atoms with Gasteiger partial charge in [-0.05, 0) is 37.6 Å². The van der Waals surface area contributed by atoms with Gasteiger partial charge in [0.2, 0.25) is 5.91 Å². The molecule has 0 saturated carbocycles. The normalized spacial score (nSPS) is 10.2. The molecular formula is C13H19FN2O2. The van der Waals surface area contributed by atoms with Gasteiger partial charge in [-0.1, -0.05) is 6.07 Å². The van der Waals surface area contributed by atoms with Crippen LogP contribution in [0.1, 0.15) is 25.3 Å². The number of carbonyl (C=O) groups excluding carboxylic acids is 1. The van der Waals surface area contributed by atoms with E-state index in [1.54, 1.807) is 19.1 Å². The van der Waals surface area contributed by atoms with E-state index in [9.17, 15) is 9.18 Å². The van der Waals surface area contributed by atoms with E-state index in [1.165, 1.54) is 6.07 Å². The summed E-state index contributed by atoms with van der Waals surface area (Å²) in [6, 6.07) is 4.67. The maximum Gasteiger partial charge on any atom is 0.220 e. The third-order valence-electron chi connectivity index (χ3n) is 2.39. The number of carbonyl (C=O) groups is 1. The van der Waals surface area contributed by atoms with E-state index in [0.717, 1.165) is 0 Å². The van der Waals surface area contributed by atoms with Crippen LogP contribution in [0.3, 0.4) is 0 Å². The second-order valence-electron chi connectivity index (χ2n) is 3.87. The van der Waals surface area contributed by atoms with Crippen molar-refractivity contribution in [2.24, 2.45) is 5.73 Å². The third kappa shape index (κ3) is 4.71. The van der Waals surface area contributed by atoms with Crippen LogP contribution in [0.25, 0.3) is 0 Å². The number of nitrogens with one attached hydrogen (secondary N) is 1. The number of hydrogen-bond donors (Lipinski definition) is 2. The first-order valence-corrected chi connectivity index (χ1v) is 6.05. The summed E-state index contributed by atoms with van der Waals surface area (Å²) in [7, 11) is 0. The fraction of sp³-hybridized carbons (Fsp3) is 0.462. The smallest absolute Gasteiger partial charge is 0.220 e. The Labute approximate surface area is 106 Å². The number of amides is 1. The Morgan fingerprint density at radius 3 is 2.89 bits per heavy atom. The molecule has 0 aromatic heterocycles. The highest BCUT2D eigenvalue weighted by Crippen LogP contribution is 2.18. The fourth-order valence-corrected chi connectivity index (χ4v) is 1.48. The average Bonchev–Trinajstić information content (AvgIpc) is 2.37. The van der Waals surface area contributed by atoms with Crippen LogP contribution >= 0.6 is 0 Å². The molecule has 0 spiro atoms.